The minimum Gasteiger partial charge on any atom is -0.416 e. The van der Waals surface area contributed by atoms with Crippen LogP contribution in [0.5, 0.6) is 0 Å². The molecule has 0 aliphatic rings. The zero-order valence-corrected chi connectivity index (χ0v) is 19.4. The second kappa shape index (κ2) is 7.63. The van der Waals surface area contributed by atoms with E-state index in [0.29, 0.717) is 17.8 Å². The Kier molecular flexibility index (Phi) is 4.89. The molecule has 32 heavy (non-hydrogen) atoms. The highest BCUT2D eigenvalue weighted by atomic mass is 16.4. The lowest BCUT2D eigenvalue weighted by Gasteiger charge is -2.18. The number of aromatic nitrogens is 3. The fraction of sp³-hybridized carbons (Fsp3) is 0.286. The van der Waals surface area contributed by atoms with Gasteiger partial charge in [0.1, 0.15) is 0 Å². The second-order valence-electron chi connectivity index (χ2n) is 9.62. The van der Waals surface area contributed by atoms with E-state index in [0.717, 1.165) is 17.5 Å². The lowest BCUT2D eigenvalue weighted by molar-refractivity contribution is 0.563. The molecule has 0 amide bonds. The fourth-order valence-electron chi connectivity index (χ4n) is 4.36. The van der Waals surface area contributed by atoms with Gasteiger partial charge in [-0.2, -0.15) is 0 Å². The van der Waals surface area contributed by atoms with Crippen LogP contribution >= 0.6 is 0 Å². The highest BCUT2D eigenvalue weighted by molar-refractivity contribution is 6.09. The maximum Gasteiger partial charge on any atom is 0.248 e. The smallest absolute Gasteiger partial charge is 0.248 e. The minimum absolute atomic E-state index is 0.113. The summed E-state index contributed by atoms with van der Waals surface area (Å²) < 4.78 is 8.52. The molecule has 0 fully saturated rings. The Morgan fingerprint density at radius 2 is 1.44 bits per heavy atom. The Labute approximate surface area is 188 Å². The molecule has 4 heteroatoms. The Hall–Kier alpha value is -3.40. The first-order chi connectivity index (χ1) is 15.4. The molecule has 2 aromatic heterocycles. The fourth-order valence-corrected chi connectivity index (χ4v) is 4.36. The lowest BCUT2D eigenvalue weighted by atomic mass is 9.87. The van der Waals surface area contributed by atoms with E-state index in [1.165, 1.54) is 27.4 Å². The number of rotatable bonds is 4. The summed E-state index contributed by atoms with van der Waals surface area (Å²) in [5.74, 6) is 1.09. The number of fused-ring (bicyclic) bond motifs is 3. The third-order valence-corrected chi connectivity index (χ3v) is 6.41. The van der Waals surface area contributed by atoms with Crippen LogP contribution in [0.3, 0.4) is 0 Å². The van der Waals surface area contributed by atoms with Gasteiger partial charge >= 0.3 is 0 Å². The van der Waals surface area contributed by atoms with Crippen LogP contribution in [0, 0.1) is 0 Å². The molecule has 0 spiro atoms. The van der Waals surface area contributed by atoms with Crippen molar-refractivity contribution in [3.8, 4) is 22.9 Å². The molecule has 0 bridgehead atoms. The zero-order valence-electron chi connectivity index (χ0n) is 19.4. The van der Waals surface area contributed by atoms with Crippen molar-refractivity contribution in [1.82, 2.24) is 14.8 Å². The van der Waals surface area contributed by atoms with E-state index >= 15 is 0 Å². The van der Waals surface area contributed by atoms with Gasteiger partial charge in [0.15, 0.2) is 0 Å². The number of para-hydroxylation sites is 1. The van der Waals surface area contributed by atoms with Crippen molar-refractivity contribution in [3.05, 3.63) is 72.3 Å². The Morgan fingerprint density at radius 3 is 2.12 bits per heavy atom. The molecule has 2 heterocycles. The van der Waals surface area contributed by atoms with Crippen molar-refractivity contribution < 1.29 is 4.42 Å². The van der Waals surface area contributed by atoms with Crippen LogP contribution in [0.2, 0.25) is 0 Å². The van der Waals surface area contributed by atoms with Crippen molar-refractivity contribution in [2.45, 2.75) is 52.5 Å². The predicted octanol–water partition coefficient (Wildman–Crippen LogP) is 7.78. The molecule has 0 saturated carbocycles. The summed E-state index contributed by atoms with van der Waals surface area (Å²) in [6.45, 7) is 11.1. The molecular weight excluding hydrogens is 394 g/mol. The average molecular weight is 424 g/mol. The highest BCUT2D eigenvalue weighted by Crippen LogP contribution is 2.35. The van der Waals surface area contributed by atoms with Gasteiger partial charge in [0.05, 0.1) is 0 Å². The average Bonchev–Trinajstić information content (AvgIpc) is 3.41. The largest absolute Gasteiger partial charge is 0.416 e. The molecule has 5 rings (SSSR count). The van der Waals surface area contributed by atoms with Crippen LogP contribution in [0.25, 0.3) is 44.7 Å². The third-order valence-electron chi connectivity index (χ3n) is 6.41. The van der Waals surface area contributed by atoms with Gasteiger partial charge in [-0.1, -0.05) is 58.0 Å². The quantitative estimate of drug-likeness (QED) is 0.296. The maximum absolute atomic E-state index is 6.09. The van der Waals surface area contributed by atoms with E-state index in [-0.39, 0.29) is 5.41 Å². The highest BCUT2D eigenvalue weighted by Gasteiger charge is 2.18. The van der Waals surface area contributed by atoms with E-state index in [1.54, 1.807) is 0 Å². The lowest BCUT2D eigenvalue weighted by Crippen LogP contribution is -2.10. The van der Waals surface area contributed by atoms with Crippen molar-refractivity contribution in [1.29, 1.82) is 0 Å². The van der Waals surface area contributed by atoms with Crippen LogP contribution in [-0.4, -0.2) is 14.8 Å². The molecule has 162 valence electrons. The van der Waals surface area contributed by atoms with Crippen LogP contribution in [-0.2, 0) is 5.41 Å². The van der Waals surface area contributed by atoms with Crippen molar-refractivity contribution >= 4 is 21.8 Å². The van der Waals surface area contributed by atoms with E-state index in [1.807, 2.05) is 0 Å². The molecule has 0 N–H and O–H groups in total. The first-order valence-electron chi connectivity index (χ1n) is 11.3. The van der Waals surface area contributed by atoms with Crippen LogP contribution < -0.4 is 0 Å². The molecule has 1 atom stereocenters. The van der Waals surface area contributed by atoms with E-state index in [4.69, 9.17) is 4.42 Å². The molecular formula is C28H29N3O. The number of hydrogen-bond acceptors (Lipinski definition) is 3. The molecule has 5 aromatic rings. The van der Waals surface area contributed by atoms with E-state index in [9.17, 15) is 0 Å². The Bertz CT molecular complexity index is 1400. The zero-order chi connectivity index (χ0) is 22.5. The topological polar surface area (TPSA) is 43.9 Å². The van der Waals surface area contributed by atoms with Gasteiger partial charge in [-0.05, 0) is 60.7 Å². The van der Waals surface area contributed by atoms with Crippen LogP contribution in [0.4, 0.5) is 0 Å². The Balaban J connectivity index is 1.56. The monoisotopic (exact) mass is 423 g/mol. The van der Waals surface area contributed by atoms with Gasteiger partial charge in [0.25, 0.3) is 0 Å². The summed E-state index contributed by atoms with van der Waals surface area (Å²) in [6, 6.07) is 23.8. The standard InChI is InChI=1S/C28H29N3O/c1-6-18(2)31-24-10-8-7-9-22(24)23-17-20(13-16-25(23)31)27-30-29-26(32-27)19-11-14-21(15-12-19)28(3,4)5/h7-18H,6H2,1-5H3. The molecule has 3 aromatic carbocycles. The van der Waals surface area contributed by atoms with Gasteiger partial charge in [-0.15, -0.1) is 10.2 Å². The van der Waals surface area contributed by atoms with Gasteiger partial charge in [0, 0.05) is 39.0 Å². The van der Waals surface area contributed by atoms with Crippen molar-refractivity contribution in [3.63, 3.8) is 0 Å². The minimum atomic E-state index is 0.113. The maximum atomic E-state index is 6.09. The summed E-state index contributed by atoms with van der Waals surface area (Å²) in [7, 11) is 0. The predicted molar refractivity (Wildman–Crippen MR) is 132 cm³/mol. The first kappa shape index (κ1) is 20.5. The molecule has 0 saturated heterocycles. The second-order valence-corrected chi connectivity index (χ2v) is 9.62. The van der Waals surface area contributed by atoms with Gasteiger partial charge in [-0.25, -0.2) is 0 Å². The molecule has 1 unspecified atom stereocenters. The van der Waals surface area contributed by atoms with Gasteiger partial charge < -0.3 is 8.98 Å². The van der Waals surface area contributed by atoms with E-state index < -0.39 is 0 Å². The van der Waals surface area contributed by atoms with Crippen LogP contribution in [0.1, 0.15) is 52.6 Å². The van der Waals surface area contributed by atoms with Crippen molar-refractivity contribution in [2.75, 3.05) is 0 Å². The Morgan fingerprint density at radius 1 is 0.812 bits per heavy atom. The third kappa shape index (κ3) is 3.40. The summed E-state index contributed by atoms with van der Waals surface area (Å²) in [6.07, 6.45) is 1.08. The van der Waals surface area contributed by atoms with Crippen LogP contribution in [0.15, 0.2) is 71.1 Å². The van der Waals surface area contributed by atoms with Crippen molar-refractivity contribution in [2.24, 2.45) is 0 Å². The molecule has 0 aliphatic carbocycles. The van der Waals surface area contributed by atoms with Gasteiger partial charge in [0.2, 0.25) is 11.8 Å². The summed E-state index contributed by atoms with van der Waals surface area (Å²) in [4.78, 5) is 0. The molecule has 0 aliphatic heterocycles. The number of hydrogen-bond donors (Lipinski definition) is 0. The molecule has 0 radical (unpaired) electrons. The molecule has 4 nitrogen and oxygen atoms in total. The van der Waals surface area contributed by atoms with Gasteiger partial charge in [-0.3, -0.25) is 0 Å². The van der Waals surface area contributed by atoms with E-state index in [2.05, 4.69) is 116 Å². The summed E-state index contributed by atoms with van der Waals surface area (Å²) >= 11 is 0. The number of nitrogens with zero attached hydrogens (tertiary/aromatic N) is 3. The SMILES string of the molecule is CCC(C)n1c2ccccc2c2cc(-c3nnc(-c4ccc(C(C)(C)C)cc4)o3)ccc21. The number of benzene rings is 3. The first-order valence-corrected chi connectivity index (χ1v) is 11.3. The summed E-state index contributed by atoms with van der Waals surface area (Å²) in [5, 5.41) is 11.1. The normalized spacial score (nSPS) is 13.2. The summed E-state index contributed by atoms with van der Waals surface area (Å²) in [5.41, 5.74) is 5.77.